The van der Waals surface area contributed by atoms with Crippen molar-refractivity contribution in [3.8, 4) is 0 Å². The Labute approximate surface area is 241 Å². The highest BCUT2D eigenvalue weighted by molar-refractivity contribution is 5.45. The van der Waals surface area contributed by atoms with Crippen molar-refractivity contribution in [3.63, 3.8) is 0 Å². The molecule has 0 saturated carbocycles. The van der Waals surface area contributed by atoms with E-state index in [-0.39, 0.29) is 6.04 Å². The number of hydrogen-bond acceptors (Lipinski definition) is 7. The van der Waals surface area contributed by atoms with Gasteiger partial charge in [-0.1, -0.05) is 78.9 Å². The minimum atomic E-state index is 0.0469. The molecule has 1 unspecified atom stereocenters. The lowest BCUT2D eigenvalue weighted by Crippen LogP contribution is -2.30. The molecule has 0 aliphatic carbocycles. The number of rotatable bonds is 7. The Hall–Kier alpha value is -4.30. The fourth-order valence-corrected chi connectivity index (χ4v) is 5.62. The van der Waals surface area contributed by atoms with E-state index in [0.717, 1.165) is 62.1 Å². The maximum absolute atomic E-state index is 6.84. The van der Waals surface area contributed by atoms with Crippen LogP contribution in [0.4, 0.5) is 5.88 Å². The van der Waals surface area contributed by atoms with Crippen LogP contribution in [-0.4, -0.2) is 36.4 Å². The number of fused-ring (bicyclic) bond motifs is 4. The van der Waals surface area contributed by atoms with Crippen molar-refractivity contribution in [2.24, 2.45) is 0 Å². The van der Waals surface area contributed by atoms with Crippen molar-refractivity contribution in [2.75, 3.05) is 11.4 Å². The number of oxazole rings is 1. The van der Waals surface area contributed by atoms with Gasteiger partial charge in [-0.25, -0.2) is 4.98 Å². The van der Waals surface area contributed by atoms with E-state index in [4.69, 9.17) is 9.40 Å². The number of aryl methyl sites for hydroxylation is 1. The van der Waals surface area contributed by atoms with Gasteiger partial charge >= 0.3 is 0 Å². The quantitative estimate of drug-likeness (QED) is 0.240. The summed E-state index contributed by atoms with van der Waals surface area (Å²) in [6.45, 7) is 6.05. The average Bonchev–Trinajstić information content (AvgIpc) is 3.63. The molecule has 4 bridgehead atoms. The second-order valence-corrected chi connectivity index (χ2v) is 10.7. The Morgan fingerprint density at radius 1 is 0.854 bits per heavy atom. The minimum absolute atomic E-state index is 0.0469. The average molecular weight is 548 g/mol. The summed E-state index contributed by atoms with van der Waals surface area (Å²) in [6.07, 6.45) is 9.50. The largest absolute Gasteiger partial charge is 0.423 e. The normalized spacial score (nSPS) is 16.4. The first-order chi connectivity index (χ1) is 20.2. The summed E-state index contributed by atoms with van der Waals surface area (Å²) >= 11 is 0. The molecule has 0 fully saturated rings. The van der Waals surface area contributed by atoms with Gasteiger partial charge in [-0.3, -0.25) is 14.6 Å². The number of nitrogens with zero attached hydrogens (tertiary/aromatic N) is 7. The van der Waals surface area contributed by atoms with Crippen LogP contribution in [0, 0.1) is 0 Å². The molecule has 6 rings (SSSR count). The molecule has 4 heterocycles. The van der Waals surface area contributed by atoms with Crippen molar-refractivity contribution < 1.29 is 4.42 Å². The zero-order valence-corrected chi connectivity index (χ0v) is 23.6. The van der Waals surface area contributed by atoms with Crippen molar-refractivity contribution in [1.29, 1.82) is 0 Å². The van der Waals surface area contributed by atoms with Crippen molar-refractivity contribution in [1.82, 2.24) is 29.9 Å². The van der Waals surface area contributed by atoms with Gasteiger partial charge in [0.15, 0.2) is 0 Å². The van der Waals surface area contributed by atoms with Gasteiger partial charge in [0.1, 0.15) is 11.4 Å². The van der Waals surface area contributed by atoms with Crippen LogP contribution in [0.1, 0.15) is 66.2 Å². The number of aromatic nitrogens is 5. The van der Waals surface area contributed by atoms with E-state index >= 15 is 0 Å². The molecule has 8 heteroatoms. The molecule has 210 valence electrons. The number of hydrogen-bond donors (Lipinski definition) is 0. The van der Waals surface area contributed by atoms with Gasteiger partial charge in [0.05, 0.1) is 18.8 Å². The third-order valence-corrected chi connectivity index (χ3v) is 7.65. The predicted octanol–water partition coefficient (Wildman–Crippen LogP) is 6.21. The lowest BCUT2D eigenvalue weighted by atomic mass is 10.1. The molecule has 3 aromatic heterocycles. The summed E-state index contributed by atoms with van der Waals surface area (Å²) < 4.78 is 8.81. The highest BCUT2D eigenvalue weighted by Gasteiger charge is 2.29. The van der Waals surface area contributed by atoms with Crippen LogP contribution in [0.2, 0.25) is 0 Å². The molecular weight excluding hydrogens is 510 g/mol. The molecule has 41 heavy (non-hydrogen) atoms. The summed E-state index contributed by atoms with van der Waals surface area (Å²) in [5, 5.41) is 8.98. The van der Waals surface area contributed by atoms with Crippen LogP contribution in [0.5, 0.6) is 0 Å². The molecule has 0 spiro atoms. The van der Waals surface area contributed by atoms with Crippen molar-refractivity contribution >= 4 is 5.88 Å². The third-order valence-electron chi connectivity index (χ3n) is 7.65. The molecule has 1 aliphatic rings. The highest BCUT2D eigenvalue weighted by Crippen LogP contribution is 2.34. The summed E-state index contributed by atoms with van der Waals surface area (Å²) in [7, 11) is 0. The zero-order valence-electron chi connectivity index (χ0n) is 23.6. The molecule has 0 saturated heterocycles. The fraction of sp³-hybridized carbons (Fsp3) is 0.333. The van der Waals surface area contributed by atoms with Crippen molar-refractivity contribution in [2.45, 2.75) is 64.8 Å². The Kier molecular flexibility index (Phi) is 8.47. The maximum atomic E-state index is 6.84. The monoisotopic (exact) mass is 547 g/mol. The molecule has 8 nitrogen and oxygen atoms in total. The molecule has 0 N–H and O–H groups in total. The second kappa shape index (κ2) is 12.9. The van der Waals surface area contributed by atoms with Crippen LogP contribution in [0.3, 0.4) is 0 Å². The van der Waals surface area contributed by atoms with Crippen LogP contribution < -0.4 is 4.90 Å². The number of anilines is 1. The predicted molar refractivity (Wildman–Crippen MR) is 159 cm³/mol. The van der Waals surface area contributed by atoms with E-state index in [1.54, 1.807) is 0 Å². The molecule has 0 radical (unpaired) electrons. The van der Waals surface area contributed by atoms with Crippen LogP contribution in [0.15, 0.2) is 95.8 Å². The fourth-order valence-electron chi connectivity index (χ4n) is 5.62. The Balaban J connectivity index is 1.43. The van der Waals surface area contributed by atoms with Gasteiger partial charge in [-0.05, 0) is 48.6 Å². The molecule has 1 aliphatic heterocycles. The minimum Gasteiger partial charge on any atom is -0.423 e. The lowest BCUT2D eigenvalue weighted by molar-refractivity contribution is 0.152. The Morgan fingerprint density at radius 3 is 2.37 bits per heavy atom. The summed E-state index contributed by atoms with van der Waals surface area (Å²) in [5.41, 5.74) is 5.47. The van der Waals surface area contributed by atoms with Crippen molar-refractivity contribution in [3.05, 3.63) is 125 Å². The van der Waals surface area contributed by atoms with Gasteiger partial charge in [0, 0.05) is 38.4 Å². The van der Waals surface area contributed by atoms with Gasteiger partial charge in [0.2, 0.25) is 11.8 Å². The second-order valence-electron chi connectivity index (χ2n) is 10.7. The summed E-state index contributed by atoms with van der Waals surface area (Å²) in [6, 6.07) is 25.2. The van der Waals surface area contributed by atoms with Gasteiger partial charge < -0.3 is 9.32 Å². The first-order valence-corrected chi connectivity index (χ1v) is 14.6. The summed E-state index contributed by atoms with van der Waals surface area (Å²) in [4.78, 5) is 14.4. The van der Waals surface area contributed by atoms with E-state index < -0.39 is 0 Å². The molecular formula is C33H37N7O. The van der Waals surface area contributed by atoms with E-state index in [0.29, 0.717) is 19.5 Å². The highest BCUT2D eigenvalue weighted by atomic mass is 16.4. The van der Waals surface area contributed by atoms with Crippen LogP contribution in [0.25, 0.3) is 0 Å². The van der Waals surface area contributed by atoms with E-state index in [1.165, 1.54) is 16.7 Å². The van der Waals surface area contributed by atoms with Gasteiger partial charge in [0.25, 0.3) is 0 Å². The SMILES string of the molecule is CCC1c2nc(Cc3ccccc3)c(o2)N(Cc2ccccc2)Cc2cn(nn2)CCCCN1Cc1cccnc1. The third kappa shape index (κ3) is 6.72. The van der Waals surface area contributed by atoms with Crippen LogP contribution in [-0.2, 0) is 32.6 Å². The molecule has 5 aromatic rings. The van der Waals surface area contributed by atoms with Gasteiger partial charge in [-0.15, -0.1) is 5.10 Å². The molecule has 0 amide bonds. The first kappa shape index (κ1) is 26.9. The molecule has 1 atom stereocenters. The Bertz CT molecular complexity index is 1500. The zero-order chi connectivity index (χ0) is 27.9. The van der Waals surface area contributed by atoms with E-state index in [1.807, 2.05) is 29.2 Å². The van der Waals surface area contributed by atoms with Gasteiger partial charge in [-0.2, -0.15) is 0 Å². The lowest BCUT2D eigenvalue weighted by Gasteiger charge is -2.29. The topological polar surface area (TPSA) is 76.1 Å². The molecule has 2 aromatic carbocycles. The number of pyridine rings is 1. The first-order valence-electron chi connectivity index (χ1n) is 14.6. The number of benzene rings is 2. The van der Waals surface area contributed by atoms with E-state index in [9.17, 15) is 0 Å². The summed E-state index contributed by atoms with van der Waals surface area (Å²) in [5.74, 6) is 1.58. The van der Waals surface area contributed by atoms with Crippen LogP contribution >= 0.6 is 0 Å². The smallest absolute Gasteiger partial charge is 0.220 e. The standard InChI is InChI=1S/C33H37N7O/c1-2-31-32-35-30(20-26-12-5-3-6-13-26)33(41-32)39(22-27-14-7-4-8-15-27)24-29-25-40(37-36-29)19-10-9-18-38(31)23-28-16-11-17-34-21-28/h3-8,11-17,21,25,31H,2,9-10,18-20,22-24H2,1H3. The Morgan fingerprint density at radius 2 is 1.61 bits per heavy atom. The maximum Gasteiger partial charge on any atom is 0.220 e. The van der Waals surface area contributed by atoms with E-state index in [2.05, 4.69) is 98.9 Å².